The Morgan fingerprint density at radius 1 is 1.09 bits per heavy atom. The first-order chi connectivity index (χ1) is 10.7. The first-order valence-corrected chi connectivity index (χ1v) is 8.78. The lowest BCUT2D eigenvalue weighted by atomic mass is 10.1. The Morgan fingerprint density at radius 3 is 2.50 bits per heavy atom. The third kappa shape index (κ3) is 6.69. The lowest BCUT2D eigenvalue weighted by Gasteiger charge is -2.14. The van der Waals surface area contributed by atoms with Crippen LogP contribution < -0.4 is 9.47 Å². The number of hydrogen-bond acceptors (Lipinski definition) is 4. The molecule has 0 radical (unpaired) electrons. The molecule has 1 rings (SSSR count). The zero-order valence-electron chi connectivity index (χ0n) is 13.5. The van der Waals surface area contributed by atoms with Crippen molar-refractivity contribution < 1.29 is 14.7 Å². The molecule has 124 valence electrons. The molecule has 1 aromatic rings. The maximum Gasteiger partial charge on any atom is 0.175 e. The summed E-state index contributed by atoms with van der Waals surface area (Å²) < 4.78 is 12.3. The summed E-state index contributed by atoms with van der Waals surface area (Å²) >= 11 is 3.49. The van der Waals surface area contributed by atoms with Gasteiger partial charge in [0.15, 0.2) is 11.5 Å². The molecule has 0 amide bonds. The van der Waals surface area contributed by atoms with Crippen LogP contribution in [0.15, 0.2) is 21.8 Å². The highest BCUT2D eigenvalue weighted by molar-refractivity contribution is 9.10. The molecule has 0 heterocycles. The molecular weight excluding hydrogens is 346 g/mol. The second kappa shape index (κ2) is 11.4. The monoisotopic (exact) mass is 371 g/mol. The van der Waals surface area contributed by atoms with Gasteiger partial charge in [0.2, 0.25) is 0 Å². The number of nitrogens with zero attached hydrogens (tertiary/aromatic N) is 1. The van der Waals surface area contributed by atoms with Crippen LogP contribution in [-0.2, 0) is 0 Å². The van der Waals surface area contributed by atoms with Crippen LogP contribution >= 0.6 is 15.9 Å². The molecule has 0 bridgehead atoms. The Bertz CT molecular complexity index is 463. The van der Waals surface area contributed by atoms with E-state index >= 15 is 0 Å². The Morgan fingerprint density at radius 2 is 1.82 bits per heavy atom. The van der Waals surface area contributed by atoms with Crippen LogP contribution in [0.25, 0.3) is 0 Å². The van der Waals surface area contributed by atoms with Gasteiger partial charge in [-0.2, -0.15) is 0 Å². The molecule has 0 aliphatic carbocycles. The number of ether oxygens (including phenoxy) is 2. The Kier molecular flexibility index (Phi) is 9.71. The number of oxime groups is 1. The number of unbranched alkanes of at least 4 members (excludes halogenated alkanes) is 5. The average Bonchev–Trinajstić information content (AvgIpc) is 2.49. The lowest BCUT2D eigenvalue weighted by Crippen LogP contribution is -2.02. The highest BCUT2D eigenvalue weighted by atomic mass is 79.9. The predicted octanol–water partition coefficient (Wildman–Crippen LogP) is 5.40. The standard InChI is InChI=1S/C17H26BrNO3/c1-3-5-6-7-8-9-10-22-17-15(18)11-14(13-19-20)12-16(17)21-4-2/h11-13,20H,3-10H2,1-2H3/b19-13+. The van der Waals surface area contributed by atoms with Crippen molar-refractivity contribution in [3.63, 3.8) is 0 Å². The summed E-state index contributed by atoms with van der Waals surface area (Å²) in [5.74, 6) is 1.38. The molecule has 5 heteroatoms. The van der Waals surface area contributed by atoms with Gasteiger partial charge in [-0.25, -0.2) is 0 Å². The van der Waals surface area contributed by atoms with E-state index in [0.717, 1.165) is 16.5 Å². The normalized spacial score (nSPS) is 11.0. The van der Waals surface area contributed by atoms with E-state index in [4.69, 9.17) is 14.7 Å². The SMILES string of the molecule is CCCCCCCCOc1c(Br)cc(/C=N/O)cc1OCC. The van der Waals surface area contributed by atoms with Gasteiger partial charge in [0.25, 0.3) is 0 Å². The minimum absolute atomic E-state index is 0.555. The minimum atomic E-state index is 0.555. The van der Waals surface area contributed by atoms with Crippen molar-refractivity contribution in [2.75, 3.05) is 13.2 Å². The summed E-state index contributed by atoms with van der Waals surface area (Å²) in [7, 11) is 0. The first-order valence-electron chi connectivity index (χ1n) is 7.99. The average molecular weight is 372 g/mol. The fourth-order valence-electron chi connectivity index (χ4n) is 2.19. The smallest absolute Gasteiger partial charge is 0.175 e. The van der Waals surface area contributed by atoms with E-state index in [2.05, 4.69) is 28.0 Å². The Balaban J connectivity index is 2.57. The fourth-order valence-corrected chi connectivity index (χ4v) is 2.76. The Labute approximate surface area is 141 Å². The van der Waals surface area contributed by atoms with Gasteiger partial charge in [0.05, 0.1) is 23.9 Å². The molecular formula is C17H26BrNO3. The molecule has 1 aromatic carbocycles. The van der Waals surface area contributed by atoms with Crippen LogP contribution in [0.1, 0.15) is 57.9 Å². The van der Waals surface area contributed by atoms with E-state index in [1.807, 2.05) is 19.1 Å². The highest BCUT2D eigenvalue weighted by Crippen LogP contribution is 2.36. The predicted molar refractivity (Wildman–Crippen MR) is 93.6 cm³/mol. The van der Waals surface area contributed by atoms with Crippen LogP contribution in [0.5, 0.6) is 11.5 Å². The highest BCUT2D eigenvalue weighted by Gasteiger charge is 2.11. The summed E-state index contributed by atoms with van der Waals surface area (Å²) in [6.45, 7) is 5.39. The van der Waals surface area contributed by atoms with Crippen molar-refractivity contribution in [1.29, 1.82) is 0 Å². The van der Waals surface area contributed by atoms with E-state index in [1.54, 1.807) is 0 Å². The molecule has 0 unspecified atom stereocenters. The summed E-state index contributed by atoms with van der Waals surface area (Å²) in [5, 5.41) is 11.7. The van der Waals surface area contributed by atoms with Gasteiger partial charge >= 0.3 is 0 Å². The quantitative estimate of drug-likeness (QED) is 0.245. The summed E-state index contributed by atoms with van der Waals surface area (Å²) in [5.41, 5.74) is 0.754. The first kappa shape index (κ1) is 18.8. The van der Waals surface area contributed by atoms with Crippen molar-refractivity contribution >= 4 is 22.1 Å². The zero-order valence-corrected chi connectivity index (χ0v) is 15.1. The topological polar surface area (TPSA) is 51.0 Å². The second-order valence-electron chi connectivity index (χ2n) is 5.12. The van der Waals surface area contributed by atoms with E-state index in [0.29, 0.717) is 24.7 Å². The van der Waals surface area contributed by atoms with Crippen molar-refractivity contribution in [2.45, 2.75) is 52.4 Å². The van der Waals surface area contributed by atoms with Crippen LogP contribution in [0, 0.1) is 0 Å². The fraction of sp³-hybridized carbons (Fsp3) is 0.588. The minimum Gasteiger partial charge on any atom is -0.490 e. The third-order valence-electron chi connectivity index (χ3n) is 3.28. The van der Waals surface area contributed by atoms with Gasteiger partial charge in [-0.15, -0.1) is 0 Å². The van der Waals surface area contributed by atoms with E-state index < -0.39 is 0 Å². The van der Waals surface area contributed by atoms with E-state index in [-0.39, 0.29) is 0 Å². The van der Waals surface area contributed by atoms with Gasteiger partial charge in [-0.1, -0.05) is 44.2 Å². The molecule has 0 aliphatic heterocycles. The van der Waals surface area contributed by atoms with Gasteiger partial charge in [-0.05, 0) is 41.4 Å². The largest absolute Gasteiger partial charge is 0.490 e. The van der Waals surface area contributed by atoms with Crippen molar-refractivity contribution in [1.82, 2.24) is 0 Å². The second-order valence-corrected chi connectivity index (χ2v) is 5.98. The van der Waals surface area contributed by atoms with Crippen LogP contribution in [0.2, 0.25) is 0 Å². The number of halogens is 1. The summed E-state index contributed by atoms with van der Waals surface area (Å²) in [6.07, 6.45) is 8.75. The zero-order chi connectivity index (χ0) is 16.2. The van der Waals surface area contributed by atoms with Crippen LogP contribution in [0.4, 0.5) is 0 Å². The van der Waals surface area contributed by atoms with Gasteiger partial charge in [-0.3, -0.25) is 0 Å². The maximum absolute atomic E-state index is 8.64. The summed E-state index contributed by atoms with van der Waals surface area (Å²) in [4.78, 5) is 0. The molecule has 1 N–H and O–H groups in total. The van der Waals surface area contributed by atoms with Crippen molar-refractivity contribution in [3.8, 4) is 11.5 Å². The molecule has 22 heavy (non-hydrogen) atoms. The maximum atomic E-state index is 8.64. The number of rotatable bonds is 11. The van der Waals surface area contributed by atoms with Gasteiger partial charge < -0.3 is 14.7 Å². The third-order valence-corrected chi connectivity index (χ3v) is 3.87. The number of hydrogen-bond donors (Lipinski definition) is 1. The van der Waals surface area contributed by atoms with Crippen molar-refractivity contribution in [3.05, 3.63) is 22.2 Å². The van der Waals surface area contributed by atoms with Crippen molar-refractivity contribution in [2.24, 2.45) is 5.16 Å². The molecule has 0 saturated carbocycles. The lowest BCUT2D eigenvalue weighted by molar-refractivity contribution is 0.268. The molecule has 0 atom stereocenters. The van der Waals surface area contributed by atoms with E-state index in [9.17, 15) is 0 Å². The molecule has 4 nitrogen and oxygen atoms in total. The van der Waals surface area contributed by atoms with Crippen LogP contribution in [0.3, 0.4) is 0 Å². The molecule has 0 aliphatic rings. The van der Waals surface area contributed by atoms with Crippen LogP contribution in [-0.4, -0.2) is 24.6 Å². The molecule has 0 fully saturated rings. The Hall–Kier alpha value is -1.23. The summed E-state index contributed by atoms with van der Waals surface area (Å²) in [6, 6.07) is 3.66. The van der Waals surface area contributed by atoms with Gasteiger partial charge in [0, 0.05) is 5.56 Å². The number of benzene rings is 1. The molecule has 0 spiro atoms. The molecule has 0 saturated heterocycles. The van der Waals surface area contributed by atoms with E-state index in [1.165, 1.54) is 38.3 Å². The van der Waals surface area contributed by atoms with Gasteiger partial charge in [0.1, 0.15) is 0 Å². The molecule has 0 aromatic heterocycles.